The maximum atomic E-state index is 13.5. The minimum atomic E-state index is -0.388. The van der Waals surface area contributed by atoms with Crippen LogP contribution in [0.15, 0.2) is 42.7 Å². The molecule has 41 heavy (non-hydrogen) atoms. The number of amides is 2. The van der Waals surface area contributed by atoms with E-state index in [4.69, 9.17) is 23.2 Å². The molecule has 9 heteroatoms. The number of aromatic nitrogens is 1. The zero-order valence-electron chi connectivity index (χ0n) is 24.8. The van der Waals surface area contributed by atoms with Crippen LogP contribution in [0, 0.1) is 0 Å². The Kier molecular flexibility index (Phi) is 11.5. The van der Waals surface area contributed by atoms with Crippen LogP contribution < -0.4 is 0 Å². The summed E-state index contributed by atoms with van der Waals surface area (Å²) in [5.74, 6) is 0.454. The second kappa shape index (κ2) is 14.8. The molecule has 1 aromatic carbocycles. The Labute approximate surface area is 255 Å². The average Bonchev–Trinajstić information content (AvgIpc) is 2.99. The fraction of sp³-hybridized carbons (Fsp3) is 0.594. The van der Waals surface area contributed by atoms with Crippen LogP contribution >= 0.6 is 23.2 Å². The summed E-state index contributed by atoms with van der Waals surface area (Å²) in [6.45, 7) is 7.97. The first-order valence-electron chi connectivity index (χ1n) is 15.0. The Balaban J connectivity index is 1.44. The monoisotopic (exact) mass is 601 g/mol. The van der Waals surface area contributed by atoms with Gasteiger partial charge in [-0.1, -0.05) is 41.8 Å². The van der Waals surface area contributed by atoms with E-state index in [2.05, 4.69) is 14.8 Å². The maximum Gasteiger partial charge on any atom is 0.242 e. The van der Waals surface area contributed by atoms with Crippen molar-refractivity contribution in [3.05, 3.63) is 63.9 Å². The summed E-state index contributed by atoms with van der Waals surface area (Å²) in [5.41, 5.74) is 1.62. The van der Waals surface area contributed by atoms with Gasteiger partial charge in [0, 0.05) is 58.6 Å². The van der Waals surface area contributed by atoms with E-state index >= 15 is 0 Å². The Hall–Kier alpha value is -2.19. The standard InChI is InChI=1S/C32H45Cl2N5O2/c1-4-38(30(40)21-25-9-8-15-35-23-25)24-27(26-10-11-28(33)29(34)22-26)12-18-37-19-13-32(14-20-37,31(41)36(2)3)39-16-6-5-7-17-39/h8-11,15,22-23,27H,4-7,12-14,16-21,24H2,1-3H3. The van der Waals surface area contributed by atoms with Crippen LogP contribution in [-0.4, -0.2) is 102 Å². The third-order valence-electron chi connectivity index (χ3n) is 8.91. The van der Waals surface area contributed by atoms with Crippen molar-refractivity contribution in [2.24, 2.45) is 0 Å². The molecule has 4 rings (SSSR count). The molecule has 0 bridgehead atoms. The van der Waals surface area contributed by atoms with E-state index in [1.54, 1.807) is 17.3 Å². The summed E-state index contributed by atoms with van der Waals surface area (Å²) in [4.78, 5) is 39.6. The molecule has 2 amide bonds. The lowest BCUT2D eigenvalue weighted by Crippen LogP contribution is -2.64. The molecule has 0 radical (unpaired) electrons. The molecule has 0 saturated carbocycles. The third kappa shape index (κ3) is 8.01. The van der Waals surface area contributed by atoms with Crippen LogP contribution in [0.3, 0.4) is 0 Å². The summed E-state index contributed by atoms with van der Waals surface area (Å²) in [5, 5.41) is 1.06. The summed E-state index contributed by atoms with van der Waals surface area (Å²) in [6.07, 6.45) is 9.99. The molecule has 1 atom stereocenters. The quantitative estimate of drug-likeness (QED) is 0.347. The van der Waals surface area contributed by atoms with Crippen LogP contribution in [0.5, 0.6) is 0 Å². The number of benzene rings is 1. The number of hydrogen-bond donors (Lipinski definition) is 0. The summed E-state index contributed by atoms with van der Waals surface area (Å²) in [6, 6.07) is 9.63. The Morgan fingerprint density at radius 3 is 2.37 bits per heavy atom. The number of halogens is 2. The van der Waals surface area contributed by atoms with Crippen molar-refractivity contribution in [2.75, 3.05) is 59.9 Å². The van der Waals surface area contributed by atoms with Gasteiger partial charge in [0.15, 0.2) is 0 Å². The Morgan fingerprint density at radius 2 is 1.76 bits per heavy atom. The molecule has 7 nitrogen and oxygen atoms in total. The molecule has 224 valence electrons. The molecule has 2 fully saturated rings. The average molecular weight is 603 g/mol. The zero-order chi connectivity index (χ0) is 29.4. The molecular weight excluding hydrogens is 557 g/mol. The highest BCUT2D eigenvalue weighted by atomic mass is 35.5. The van der Waals surface area contributed by atoms with Crippen LogP contribution in [0.2, 0.25) is 10.0 Å². The third-order valence-corrected chi connectivity index (χ3v) is 9.65. The SMILES string of the molecule is CCN(CC(CCN1CCC(C(=O)N(C)C)(N2CCCCC2)CC1)c1ccc(Cl)c(Cl)c1)C(=O)Cc1cccnc1. The van der Waals surface area contributed by atoms with E-state index in [9.17, 15) is 9.59 Å². The van der Waals surface area contributed by atoms with Crippen molar-refractivity contribution < 1.29 is 9.59 Å². The fourth-order valence-electron chi connectivity index (χ4n) is 6.48. The number of carbonyl (C=O) groups is 2. The highest BCUT2D eigenvalue weighted by Gasteiger charge is 2.47. The van der Waals surface area contributed by atoms with E-state index in [1.807, 2.05) is 56.3 Å². The van der Waals surface area contributed by atoms with Crippen LogP contribution in [0.4, 0.5) is 0 Å². The molecule has 0 aliphatic carbocycles. The second-order valence-electron chi connectivity index (χ2n) is 11.8. The van der Waals surface area contributed by atoms with Gasteiger partial charge < -0.3 is 14.7 Å². The van der Waals surface area contributed by atoms with Gasteiger partial charge in [-0.2, -0.15) is 0 Å². The number of nitrogens with zero attached hydrogens (tertiary/aromatic N) is 5. The van der Waals surface area contributed by atoms with E-state index in [0.29, 0.717) is 29.6 Å². The van der Waals surface area contributed by atoms with Gasteiger partial charge in [0.05, 0.1) is 16.5 Å². The van der Waals surface area contributed by atoms with Crippen LogP contribution in [0.1, 0.15) is 62.5 Å². The number of likely N-dealkylation sites (tertiary alicyclic amines) is 2. The molecular formula is C32H45Cl2N5O2. The lowest BCUT2D eigenvalue weighted by atomic mass is 9.82. The van der Waals surface area contributed by atoms with Crippen LogP contribution in [-0.2, 0) is 16.0 Å². The second-order valence-corrected chi connectivity index (χ2v) is 12.6. The van der Waals surface area contributed by atoms with Gasteiger partial charge in [0.2, 0.25) is 11.8 Å². The minimum absolute atomic E-state index is 0.0945. The molecule has 3 heterocycles. The molecule has 0 spiro atoms. The van der Waals surface area contributed by atoms with Gasteiger partial charge >= 0.3 is 0 Å². The van der Waals surface area contributed by atoms with E-state index < -0.39 is 0 Å². The van der Waals surface area contributed by atoms with Crippen LogP contribution in [0.25, 0.3) is 0 Å². The lowest BCUT2D eigenvalue weighted by molar-refractivity contribution is -0.147. The number of carbonyl (C=O) groups excluding carboxylic acids is 2. The van der Waals surface area contributed by atoms with Crippen molar-refractivity contribution in [3.63, 3.8) is 0 Å². The first-order chi connectivity index (χ1) is 19.7. The lowest BCUT2D eigenvalue weighted by Gasteiger charge is -2.50. The fourth-order valence-corrected chi connectivity index (χ4v) is 6.79. The predicted octanol–water partition coefficient (Wildman–Crippen LogP) is 5.36. The highest BCUT2D eigenvalue weighted by Crippen LogP contribution is 2.34. The van der Waals surface area contributed by atoms with Crippen molar-refractivity contribution >= 4 is 35.0 Å². The number of likely N-dealkylation sites (N-methyl/N-ethyl adjacent to an activating group) is 2. The smallest absolute Gasteiger partial charge is 0.242 e. The van der Waals surface area contributed by atoms with Gasteiger partial charge in [-0.05, 0) is 88.0 Å². The van der Waals surface area contributed by atoms with Gasteiger partial charge in [-0.3, -0.25) is 19.5 Å². The first-order valence-corrected chi connectivity index (χ1v) is 15.8. The van der Waals surface area contributed by atoms with E-state index in [-0.39, 0.29) is 23.3 Å². The number of pyridine rings is 1. The van der Waals surface area contributed by atoms with E-state index in [0.717, 1.165) is 63.1 Å². The summed E-state index contributed by atoms with van der Waals surface area (Å²) >= 11 is 12.7. The topological polar surface area (TPSA) is 60.0 Å². The van der Waals surface area contributed by atoms with Crippen molar-refractivity contribution in [3.8, 4) is 0 Å². The van der Waals surface area contributed by atoms with Gasteiger partial charge in [0.1, 0.15) is 5.54 Å². The molecule has 2 saturated heterocycles. The molecule has 2 aromatic rings. The van der Waals surface area contributed by atoms with Gasteiger partial charge in [0.25, 0.3) is 0 Å². The molecule has 0 N–H and O–H groups in total. The predicted molar refractivity (Wildman–Crippen MR) is 167 cm³/mol. The Bertz CT molecular complexity index is 1150. The highest BCUT2D eigenvalue weighted by molar-refractivity contribution is 6.42. The van der Waals surface area contributed by atoms with Crippen molar-refractivity contribution in [1.82, 2.24) is 24.6 Å². The van der Waals surface area contributed by atoms with Gasteiger partial charge in [-0.15, -0.1) is 0 Å². The molecule has 1 aromatic heterocycles. The van der Waals surface area contributed by atoms with Crippen molar-refractivity contribution in [1.29, 1.82) is 0 Å². The summed E-state index contributed by atoms with van der Waals surface area (Å²) < 4.78 is 0. The minimum Gasteiger partial charge on any atom is -0.347 e. The first kappa shape index (κ1) is 31.7. The number of hydrogen-bond acceptors (Lipinski definition) is 5. The Morgan fingerprint density at radius 1 is 1.02 bits per heavy atom. The number of piperidine rings is 2. The summed E-state index contributed by atoms with van der Waals surface area (Å²) in [7, 11) is 3.77. The maximum absolute atomic E-state index is 13.5. The largest absolute Gasteiger partial charge is 0.347 e. The zero-order valence-corrected chi connectivity index (χ0v) is 26.3. The van der Waals surface area contributed by atoms with Gasteiger partial charge in [-0.25, -0.2) is 0 Å². The molecule has 2 aliphatic rings. The molecule has 1 unspecified atom stereocenters. The normalized spacial score (nSPS) is 18.6. The number of rotatable bonds is 11. The van der Waals surface area contributed by atoms with E-state index in [1.165, 1.54) is 19.3 Å². The van der Waals surface area contributed by atoms with Crippen molar-refractivity contribution in [2.45, 2.75) is 63.3 Å². The molecule has 2 aliphatic heterocycles.